The number of nitrogens with zero attached hydrogens (tertiary/aromatic N) is 1. The Balaban J connectivity index is 1.97. The van der Waals surface area contributed by atoms with Crippen molar-refractivity contribution in [3.05, 3.63) is 53.1 Å². The summed E-state index contributed by atoms with van der Waals surface area (Å²) in [6.07, 6.45) is 0.00688. The molecule has 0 aliphatic heterocycles. The summed E-state index contributed by atoms with van der Waals surface area (Å²) in [6.45, 7) is 1.64. The molecule has 0 aliphatic carbocycles. The molecule has 8 heteroatoms. The average molecular weight is 390 g/mol. The third-order valence-electron chi connectivity index (χ3n) is 3.53. The minimum atomic E-state index is -0.446. The second-order valence-corrected chi connectivity index (χ2v) is 6.00. The van der Waals surface area contributed by atoms with Gasteiger partial charge in [-0.1, -0.05) is 23.7 Å². The summed E-state index contributed by atoms with van der Waals surface area (Å²) in [4.78, 5) is 24.3. The van der Waals surface area contributed by atoms with E-state index in [9.17, 15) is 9.59 Å². The topological polar surface area (TPSA) is 89.0 Å². The molecule has 2 rings (SSSR count). The molecule has 2 aromatic rings. The van der Waals surface area contributed by atoms with E-state index < -0.39 is 5.91 Å². The number of methoxy groups -OCH3 is 2. The van der Waals surface area contributed by atoms with Gasteiger partial charge in [-0.05, 0) is 31.2 Å². The normalized spacial score (nSPS) is 10.9. The van der Waals surface area contributed by atoms with Crippen LogP contribution in [0.2, 0.25) is 5.02 Å². The Morgan fingerprint density at radius 1 is 1.07 bits per heavy atom. The van der Waals surface area contributed by atoms with Gasteiger partial charge < -0.3 is 14.8 Å². The van der Waals surface area contributed by atoms with Gasteiger partial charge in [0.05, 0.1) is 31.4 Å². The number of ether oxygens (including phenoxy) is 2. The van der Waals surface area contributed by atoms with Gasteiger partial charge in [0.2, 0.25) is 5.91 Å². The molecule has 0 aromatic heterocycles. The monoisotopic (exact) mass is 389 g/mol. The summed E-state index contributed by atoms with van der Waals surface area (Å²) >= 11 is 6.00. The van der Waals surface area contributed by atoms with Crippen molar-refractivity contribution in [1.29, 1.82) is 0 Å². The van der Waals surface area contributed by atoms with Gasteiger partial charge in [-0.3, -0.25) is 9.59 Å². The van der Waals surface area contributed by atoms with Gasteiger partial charge in [-0.25, -0.2) is 5.43 Å². The minimum Gasteiger partial charge on any atom is -0.497 e. The van der Waals surface area contributed by atoms with Gasteiger partial charge in [-0.15, -0.1) is 0 Å². The molecular weight excluding hydrogens is 370 g/mol. The smallest absolute Gasteiger partial charge is 0.271 e. The van der Waals surface area contributed by atoms with E-state index in [4.69, 9.17) is 21.1 Å². The van der Waals surface area contributed by atoms with Crippen LogP contribution in [0.5, 0.6) is 11.5 Å². The molecule has 0 radical (unpaired) electrons. The number of rotatable bonds is 7. The Hall–Kier alpha value is -3.06. The first-order valence-corrected chi connectivity index (χ1v) is 8.41. The highest BCUT2D eigenvalue weighted by atomic mass is 35.5. The fourth-order valence-corrected chi connectivity index (χ4v) is 2.36. The van der Waals surface area contributed by atoms with Gasteiger partial charge >= 0.3 is 0 Å². The van der Waals surface area contributed by atoms with Crippen molar-refractivity contribution in [3.8, 4) is 11.5 Å². The number of anilines is 1. The summed E-state index contributed by atoms with van der Waals surface area (Å²) in [5.41, 5.74) is 3.69. The molecular formula is C19H20ClN3O4. The molecule has 0 saturated carbocycles. The molecule has 0 aliphatic rings. The predicted molar refractivity (Wildman–Crippen MR) is 105 cm³/mol. The molecule has 142 valence electrons. The van der Waals surface area contributed by atoms with Crippen LogP contribution < -0.4 is 20.2 Å². The quantitative estimate of drug-likeness (QED) is 0.560. The Bertz CT molecular complexity index is 846. The first-order valence-electron chi connectivity index (χ1n) is 8.04. The lowest BCUT2D eigenvalue weighted by Gasteiger charge is -2.08. The third-order valence-corrected chi connectivity index (χ3v) is 3.86. The van der Waals surface area contributed by atoms with Crippen LogP contribution in [0.4, 0.5) is 5.69 Å². The molecule has 0 atom stereocenters. The van der Waals surface area contributed by atoms with Crippen LogP contribution in [0, 0.1) is 0 Å². The van der Waals surface area contributed by atoms with Gasteiger partial charge in [0.1, 0.15) is 11.5 Å². The number of hydrogen-bond donors (Lipinski definition) is 2. The second kappa shape index (κ2) is 9.59. The maximum absolute atomic E-state index is 12.3. The van der Waals surface area contributed by atoms with E-state index >= 15 is 0 Å². The number of hydrazone groups is 1. The molecule has 0 bridgehead atoms. The Labute approximate surface area is 162 Å². The van der Waals surface area contributed by atoms with Crippen molar-refractivity contribution < 1.29 is 19.1 Å². The van der Waals surface area contributed by atoms with Crippen LogP contribution in [-0.4, -0.2) is 31.7 Å². The lowest BCUT2D eigenvalue weighted by atomic mass is 10.2. The van der Waals surface area contributed by atoms with Gasteiger partial charge in [0, 0.05) is 17.3 Å². The zero-order valence-electron chi connectivity index (χ0n) is 15.2. The van der Waals surface area contributed by atoms with Crippen LogP contribution in [0.25, 0.3) is 0 Å². The van der Waals surface area contributed by atoms with Crippen molar-refractivity contribution >= 4 is 34.8 Å². The lowest BCUT2D eigenvalue weighted by Crippen LogP contribution is -2.21. The third kappa shape index (κ3) is 6.00. The number of halogens is 1. The Morgan fingerprint density at radius 2 is 1.70 bits per heavy atom. The highest BCUT2D eigenvalue weighted by Gasteiger charge is 2.11. The Morgan fingerprint density at radius 3 is 2.30 bits per heavy atom. The maximum Gasteiger partial charge on any atom is 0.271 e. The number of benzene rings is 2. The van der Waals surface area contributed by atoms with Crippen LogP contribution in [0.1, 0.15) is 23.7 Å². The summed E-state index contributed by atoms with van der Waals surface area (Å²) in [7, 11) is 2.99. The molecule has 7 nitrogen and oxygen atoms in total. The zero-order chi connectivity index (χ0) is 19.8. The van der Waals surface area contributed by atoms with E-state index in [0.29, 0.717) is 33.5 Å². The standard InChI is InChI=1S/C19H20ClN3O4/c1-12(8-18(24)21-17-7-5-4-6-16(17)20)22-23-19(25)13-9-14(26-2)11-15(10-13)27-3/h4-7,9-11H,8H2,1-3H3,(H,21,24)(H,23,25)/b22-12+. The molecule has 2 N–H and O–H groups in total. The fraction of sp³-hybridized carbons (Fsp3) is 0.211. The lowest BCUT2D eigenvalue weighted by molar-refractivity contribution is -0.115. The van der Waals surface area contributed by atoms with Gasteiger partial charge in [0.25, 0.3) is 5.91 Å². The SMILES string of the molecule is COc1cc(OC)cc(C(=O)N/N=C(\C)CC(=O)Nc2ccccc2Cl)c1. The van der Waals surface area contributed by atoms with E-state index in [1.807, 2.05) is 0 Å². The minimum absolute atomic E-state index is 0.00688. The van der Waals surface area contributed by atoms with Crippen molar-refractivity contribution in [2.75, 3.05) is 19.5 Å². The highest BCUT2D eigenvalue weighted by Crippen LogP contribution is 2.22. The number of hydrogen-bond acceptors (Lipinski definition) is 5. The summed E-state index contributed by atoms with van der Waals surface area (Å²) in [5, 5.41) is 7.10. The summed E-state index contributed by atoms with van der Waals surface area (Å²) in [5.74, 6) is 0.235. The molecule has 0 unspecified atom stereocenters. The van der Waals surface area contributed by atoms with Gasteiger partial charge in [0.15, 0.2) is 0 Å². The van der Waals surface area contributed by atoms with E-state index in [-0.39, 0.29) is 12.3 Å². The first kappa shape index (κ1) is 20.3. The fourth-order valence-electron chi connectivity index (χ4n) is 2.18. The van der Waals surface area contributed by atoms with Crippen molar-refractivity contribution in [3.63, 3.8) is 0 Å². The van der Waals surface area contributed by atoms with Crippen molar-refractivity contribution in [2.45, 2.75) is 13.3 Å². The molecule has 27 heavy (non-hydrogen) atoms. The van der Waals surface area contributed by atoms with Gasteiger partial charge in [-0.2, -0.15) is 5.10 Å². The van der Waals surface area contributed by atoms with Crippen molar-refractivity contribution in [2.24, 2.45) is 5.10 Å². The van der Waals surface area contributed by atoms with E-state index in [2.05, 4.69) is 15.8 Å². The molecule has 0 heterocycles. The molecule has 2 amide bonds. The van der Waals surface area contributed by atoms with Crippen LogP contribution in [0.3, 0.4) is 0 Å². The Kier molecular flexibility index (Phi) is 7.19. The van der Waals surface area contributed by atoms with Crippen LogP contribution in [-0.2, 0) is 4.79 Å². The highest BCUT2D eigenvalue weighted by molar-refractivity contribution is 6.33. The van der Waals surface area contributed by atoms with Crippen LogP contribution >= 0.6 is 11.6 Å². The zero-order valence-corrected chi connectivity index (χ0v) is 16.0. The number of para-hydroxylation sites is 1. The molecule has 2 aromatic carbocycles. The van der Waals surface area contributed by atoms with Crippen LogP contribution in [0.15, 0.2) is 47.6 Å². The van der Waals surface area contributed by atoms with Crippen molar-refractivity contribution in [1.82, 2.24) is 5.43 Å². The maximum atomic E-state index is 12.3. The largest absolute Gasteiger partial charge is 0.497 e. The van der Waals surface area contributed by atoms with E-state index in [0.717, 1.165) is 0 Å². The predicted octanol–water partition coefficient (Wildman–Crippen LogP) is 3.49. The molecule has 0 saturated heterocycles. The number of carbonyl (C=O) groups is 2. The number of carbonyl (C=O) groups excluding carboxylic acids is 2. The summed E-state index contributed by atoms with van der Waals surface area (Å²) < 4.78 is 10.3. The molecule has 0 fully saturated rings. The molecule has 0 spiro atoms. The number of nitrogens with one attached hydrogen (secondary N) is 2. The second-order valence-electron chi connectivity index (χ2n) is 5.59. The van der Waals surface area contributed by atoms with E-state index in [1.54, 1.807) is 49.4 Å². The van der Waals surface area contributed by atoms with E-state index in [1.165, 1.54) is 14.2 Å². The average Bonchev–Trinajstić information content (AvgIpc) is 2.67. The number of amides is 2. The first-order chi connectivity index (χ1) is 12.9. The summed E-state index contributed by atoms with van der Waals surface area (Å²) in [6, 6.07) is 11.7.